The van der Waals surface area contributed by atoms with Crippen LogP contribution in [0, 0.1) is 17.1 Å². The van der Waals surface area contributed by atoms with Crippen molar-refractivity contribution in [1.29, 1.82) is 5.26 Å². The van der Waals surface area contributed by atoms with Crippen molar-refractivity contribution in [1.82, 2.24) is 0 Å². The van der Waals surface area contributed by atoms with Crippen LogP contribution < -0.4 is 11.1 Å². The Kier molecular flexibility index (Phi) is 4.03. The smallest absolute Gasteiger partial charge is 0.139 e. The van der Waals surface area contributed by atoms with E-state index in [-0.39, 0.29) is 0 Å². The molecule has 0 atom stereocenters. The minimum absolute atomic E-state index is 0.335. The SMILES string of the molecule is N#CCc1ccc(Nc2cc(Br)c(F)cc2N)cc1. The predicted octanol–water partition coefficient (Wildman–Crippen LogP) is 3.98. The lowest BCUT2D eigenvalue weighted by Crippen LogP contribution is -1.98. The first-order valence-electron chi connectivity index (χ1n) is 5.57. The summed E-state index contributed by atoms with van der Waals surface area (Å²) in [5.41, 5.74) is 8.48. The summed E-state index contributed by atoms with van der Waals surface area (Å²) in [6.45, 7) is 0. The van der Waals surface area contributed by atoms with Crippen molar-refractivity contribution >= 4 is 33.0 Å². The van der Waals surface area contributed by atoms with Gasteiger partial charge >= 0.3 is 0 Å². The summed E-state index contributed by atoms with van der Waals surface area (Å²) >= 11 is 3.12. The van der Waals surface area contributed by atoms with E-state index in [9.17, 15) is 4.39 Å². The predicted molar refractivity (Wildman–Crippen MR) is 77.6 cm³/mol. The molecule has 0 unspecified atom stereocenters. The first-order chi connectivity index (χ1) is 9.10. The third-order valence-electron chi connectivity index (χ3n) is 2.61. The molecule has 19 heavy (non-hydrogen) atoms. The molecule has 0 aromatic heterocycles. The van der Waals surface area contributed by atoms with E-state index in [0.717, 1.165) is 11.3 Å². The molecule has 0 saturated carbocycles. The van der Waals surface area contributed by atoms with Gasteiger partial charge in [0.2, 0.25) is 0 Å². The third kappa shape index (κ3) is 3.24. The van der Waals surface area contributed by atoms with E-state index in [4.69, 9.17) is 11.0 Å². The summed E-state index contributed by atoms with van der Waals surface area (Å²) < 4.78 is 13.6. The quantitative estimate of drug-likeness (QED) is 0.841. The Balaban J connectivity index is 2.22. The van der Waals surface area contributed by atoms with Crippen LogP contribution in [0.5, 0.6) is 0 Å². The topological polar surface area (TPSA) is 61.8 Å². The van der Waals surface area contributed by atoms with Gasteiger partial charge in [0, 0.05) is 11.8 Å². The molecule has 0 spiro atoms. The number of hydrogen-bond donors (Lipinski definition) is 2. The molecule has 0 radical (unpaired) electrons. The van der Waals surface area contributed by atoms with E-state index in [0.29, 0.717) is 22.3 Å². The maximum atomic E-state index is 13.3. The van der Waals surface area contributed by atoms with Gasteiger partial charge in [0.25, 0.3) is 0 Å². The number of nitrogen functional groups attached to an aromatic ring is 1. The monoisotopic (exact) mass is 319 g/mol. The fourth-order valence-corrected chi connectivity index (χ4v) is 1.97. The Bertz CT molecular complexity index is 632. The average Bonchev–Trinajstić information content (AvgIpc) is 2.38. The summed E-state index contributed by atoms with van der Waals surface area (Å²) in [4.78, 5) is 0. The number of anilines is 3. The molecule has 2 rings (SSSR count). The molecule has 2 aromatic carbocycles. The Morgan fingerprint density at radius 2 is 1.95 bits per heavy atom. The molecule has 0 bridgehead atoms. The summed E-state index contributed by atoms with van der Waals surface area (Å²) in [6, 6.07) is 12.4. The average molecular weight is 320 g/mol. The van der Waals surface area contributed by atoms with Gasteiger partial charge in [-0.3, -0.25) is 0 Å². The van der Waals surface area contributed by atoms with E-state index in [1.165, 1.54) is 6.07 Å². The summed E-state index contributed by atoms with van der Waals surface area (Å²) in [5.74, 6) is -0.396. The van der Waals surface area contributed by atoms with Crippen LogP contribution in [0.25, 0.3) is 0 Å². The third-order valence-corrected chi connectivity index (χ3v) is 3.22. The number of halogens is 2. The van der Waals surface area contributed by atoms with Gasteiger partial charge in [0.15, 0.2) is 0 Å². The van der Waals surface area contributed by atoms with Crippen LogP contribution >= 0.6 is 15.9 Å². The normalized spacial score (nSPS) is 9.95. The van der Waals surface area contributed by atoms with Gasteiger partial charge < -0.3 is 11.1 Å². The van der Waals surface area contributed by atoms with Gasteiger partial charge in [-0.25, -0.2) is 4.39 Å². The van der Waals surface area contributed by atoms with Crippen molar-refractivity contribution < 1.29 is 4.39 Å². The Morgan fingerprint density at radius 1 is 1.26 bits per heavy atom. The van der Waals surface area contributed by atoms with Gasteiger partial charge in [0.1, 0.15) is 5.82 Å². The van der Waals surface area contributed by atoms with Crippen molar-refractivity contribution in [3.8, 4) is 6.07 Å². The number of nitrogens with one attached hydrogen (secondary N) is 1. The zero-order valence-corrected chi connectivity index (χ0v) is 11.5. The molecule has 3 N–H and O–H groups in total. The minimum atomic E-state index is -0.396. The van der Waals surface area contributed by atoms with Gasteiger partial charge in [-0.05, 0) is 39.7 Å². The standard InChI is InChI=1S/C14H11BrFN3/c15-11-7-14(13(18)8-12(11)16)19-10-3-1-9(2-4-10)5-6-17/h1-4,7-8,19H,5,18H2. The van der Waals surface area contributed by atoms with Crippen LogP contribution in [0.4, 0.5) is 21.5 Å². The molecule has 0 saturated heterocycles. The van der Waals surface area contributed by atoms with Crippen molar-refractivity contribution in [2.24, 2.45) is 0 Å². The number of rotatable bonds is 3. The first kappa shape index (κ1) is 13.4. The van der Waals surface area contributed by atoms with Crippen LogP contribution in [0.1, 0.15) is 5.56 Å². The largest absolute Gasteiger partial charge is 0.397 e. The van der Waals surface area contributed by atoms with Crippen molar-refractivity contribution in [3.63, 3.8) is 0 Å². The highest BCUT2D eigenvalue weighted by Gasteiger charge is 2.06. The highest BCUT2D eigenvalue weighted by atomic mass is 79.9. The summed E-state index contributed by atoms with van der Waals surface area (Å²) in [5, 5.41) is 11.7. The molecule has 0 fully saturated rings. The lowest BCUT2D eigenvalue weighted by molar-refractivity contribution is 0.622. The lowest BCUT2D eigenvalue weighted by Gasteiger charge is -2.10. The van der Waals surface area contributed by atoms with E-state index in [1.807, 2.05) is 24.3 Å². The molecule has 3 nitrogen and oxygen atoms in total. The molecule has 0 aliphatic rings. The molecule has 0 amide bonds. The van der Waals surface area contributed by atoms with Gasteiger partial charge in [-0.1, -0.05) is 12.1 Å². The number of nitrogens with zero attached hydrogens (tertiary/aromatic N) is 1. The summed E-state index contributed by atoms with van der Waals surface area (Å²) in [6.07, 6.45) is 0.379. The van der Waals surface area contributed by atoms with Crippen LogP contribution in [0.3, 0.4) is 0 Å². The van der Waals surface area contributed by atoms with Crippen LogP contribution in [-0.2, 0) is 6.42 Å². The highest BCUT2D eigenvalue weighted by molar-refractivity contribution is 9.10. The van der Waals surface area contributed by atoms with Crippen molar-refractivity contribution in [2.45, 2.75) is 6.42 Å². The van der Waals surface area contributed by atoms with E-state index in [1.54, 1.807) is 6.07 Å². The number of nitriles is 1. The van der Waals surface area contributed by atoms with E-state index in [2.05, 4.69) is 27.3 Å². The number of nitrogens with two attached hydrogens (primary N) is 1. The fourth-order valence-electron chi connectivity index (χ4n) is 1.62. The molecular weight excluding hydrogens is 309 g/mol. The summed E-state index contributed by atoms with van der Waals surface area (Å²) in [7, 11) is 0. The Morgan fingerprint density at radius 3 is 2.58 bits per heavy atom. The molecule has 5 heteroatoms. The van der Waals surface area contributed by atoms with Gasteiger partial charge in [-0.15, -0.1) is 0 Å². The van der Waals surface area contributed by atoms with Gasteiger partial charge in [0.05, 0.1) is 28.3 Å². The number of benzene rings is 2. The zero-order chi connectivity index (χ0) is 13.8. The Labute approximate surface area is 119 Å². The van der Waals surface area contributed by atoms with Crippen LogP contribution in [0.2, 0.25) is 0 Å². The highest BCUT2D eigenvalue weighted by Crippen LogP contribution is 2.29. The van der Waals surface area contributed by atoms with Crippen molar-refractivity contribution in [3.05, 3.63) is 52.3 Å². The molecule has 96 valence electrons. The molecule has 0 aliphatic heterocycles. The Hall–Kier alpha value is -2.06. The maximum Gasteiger partial charge on any atom is 0.139 e. The molecule has 2 aromatic rings. The lowest BCUT2D eigenvalue weighted by atomic mass is 10.1. The van der Waals surface area contributed by atoms with Crippen LogP contribution in [0.15, 0.2) is 40.9 Å². The van der Waals surface area contributed by atoms with Crippen molar-refractivity contribution in [2.75, 3.05) is 11.1 Å². The van der Waals surface area contributed by atoms with Crippen LogP contribution in [-0.4, -0.2) is 0 Å². The maximum absolute atomic E-state index is 13.3. The molecule has 0 heterocycles. The second-order valence-electron chi connectivity index (χ2n) is 4.01. The molecular formula is C14H11BrFN3. The first-order valence-corrected chi connectivity index (χ1v) is 6.37. The second-order valence-corrected chi connectivity index (χ2v) is 4.86. The fraction of sp³-hybridized carbons (Fsp3) is 0.0714. The number of hydrogen-bond acceptors (Lipinski definition) is 3. The minimum Gasteiger partial charge on any atom is -0.397 e. The second kappa shape index (κ2) is 5.72. The zero-order valence-electron chi connectivity index (χ0n) is 9.95. The van der Waals surface area contributed by atoms with E-state index >= 15 is 0 Å². The molecule has 0 aliphatic carbocycles. The van der Waals surface area contributed by atoms with Gasteiger partial charge in [-0.2, -0.15) is 5.26 Å². The van der Waals surface area contributed by atoms with E-state index < -0.39 is 5.82 Å².